The first-order chi connectivity index (χ1) is 8.54. The molecule has 2 N–H and O–H groups in total. The second kappa shape index (κ2) is 6.86. The molecule has 0 spiro atoms. The minimum absolute atomic E-state index is 0.324. The van der Waals surface area contributed by atoms with Gasteiger partial charge in [-0.2, -0.15) is 0 Å². The van der Waals surface area contributed by atoms with Crippen molar-refractivity contribution in [2.75, 3.05) is 39.6 Å². The van der Waals surface area contributed by atoms with Crippen LogP contribution >= 0.6 is 0 Å². The van der Waals surface area contributed by atoms with E-state index in [1.54, 1.807) is 25.1 Å². The Balaban J connectivity index is 2.79. The summed E-state index contributed by atoms with van der Waals surface area (Å²) in [6.45, 7) is 3.36. The van der Waals surface area contributed by atoms with E-state index in [0.717, 1.165) is 6.54 Å². The Bertz CT molecular complexity index is 405. The fourth-order valence-corrected chi connectivity index (χ4v) is 1.38. The molecule has 0 heterocycles. The minimum Gasteiger partial charge on any atom is -0.491 e. The number of carbonyl (C=O) groups is 1. The molecule has 0 aliphatic rings. The van der Waals surface area contributed by atoms with Gasteiger partial charge in [0.2, 0.25) is 0 Å². The third kappa shape index (κ3) is 4.25. The normalized spacial score (nSPS) is 10.4. The van der Waals surface area contributed by atoms with Crippen molar-refractivity contribution in [3.05, 3.63) is 23.8 Å². The lowest BCUT2D eigenvalue weighted by Gasteiger charge is -2.13. The lowest BCUT2D eigenvalue weighted by molar-refractivity contribution is 0.0521. The molecule has 0 saturated carbocycles. The molecule has 0 aliphatic carbocycles. The number of nitrogen functional groups attached to an aromatic ring is 1. The predicted molar refractivity (Wildman–Crippen MR) is 70.9 cm³/mol. The topological polar surface area (TPSA) is 64.8 Å². The number of nitrogens with zero attached hydrogens (tertiary/aromatic N) is 1. The summed E-state index contributed by atoms with van der Waals surface area (Å²) >= 11 is 0. The van der Waals surface area contributed by atoms with Crippen molar-refractivity contribution < 1.29 is 14.3 Å². The van der Waals surface area contributed by atoms with Gasteiger partial charge < -0.3 is 20.1 Å². The lowest BCUT2D eigenvalue weighted by Crippen LogP contribution is -2.20. The van der Waals surface area contributed by atoms with E-state index in [1.807, 2.05) is 19.0 Å². The molecule has 1 aromatic rings. The van der Waals surface area contributed by atoms with Crippen molar-refractivity contribution in [3.8, 4) is 5.75 Å². The van der Waals surface area contributed by atoms with Crippen LogP contribution < -0.4 is 10.5 Å². The van der Waals surface area contributed by atoms with E-state index >= 15 is 0 Å². The number of carbonyl (C=O) groups excluding carboxylic acids is 1. The van der Waals surface area contributed by atoms with Crippen LogP contribution in [-0.2, 0) is 4.74 Å². The van der Waals surface area contributed by atoms with Gasteiger partial charge in [-0.15, -0.1) is 0 Å². The molecule has 0 aromatic heterocycles. The van der Waals surface area contributed by atoms with Gasteiger partial charge >= 0.3 is 5.97 Å². The smallest absolute Gasteiger partial charge is 0.341 e. The van der Waals surface area contributed by atoms with Gasteiger partial charge in [0.25, 0.3) is 0 Å². The average molecular weight is 252 g/mol. The highest BCUT2D eigenvalue weighted by Crippen LogP contribution is 2.22. The zero-order valence-corrected chi connectivity index (χ0v) is 11.1. The third-order valence-corrected chi connectivity index (χ3v) is 2.30. The molecule has 18 heavy (non-hydrogen) atoms. The van der Waals surface area contributed by atoms with Gasteiger partial charge in [-0.05, 0) is 39.2 Å². The molecule has 0 bridgehead atoms. The van der Waals surface area contributed by atoms with Crippen LogP contribution in [-0.4, -0.2) is 44.7 Å². The summed E-state index contributed by atoms with van der Waals surface area (Å²) in [5, 5.41) is 0. The van der Waals surface area contributed by atoms with Crippen LogP contribution in [0.2, 0.25) is 0 Å². The highest BCUT2D eigenvalue weighted by atomic mass is 16.5. The second-order valence-electron chi connectivity index (χ2n) is 4.13. The number of esters is 1. The Morgan fingerprint density at radius 3 is 2.72 bits per heavy atom. The monoisotopic (exact) mass is 252 g/mol. The second-order valence-corrected chi connectivity index (χ2v) is 4.13. The molecule has 5 heteroatoms. The maximum absolute atomic E-state index is 11.7. The fourth-order valence-electron chi connectivity index (χ4n) is 1.38. The zero-order valence-electron chi connectivity index (χ0n) is 11.1. The minimum atomic E-state index is -0.412. The molecule has 0 radical (unpaired) electrons. The van der Waals surface area contributed by atoms with Gasteiger partial charge in [0.15, 0.2) is 0 Å². The molecule has 0 unspecified atom stereocenters. The molecule has 0 amide bonds. The van der Waals surface area contributed by atoms with Crippen molar-refractivity contribution in [2.45, 2.75) is 6.92 Å². The zero-order chi connectivity index (χ0) is 13.5. The van der Waals surface area contributed by atoms with Gasteiger partial charge in [-0.25, -0.2) is 4.79 Å². The molecule has 5 nitrogen and oxygen atoms in total. The summed E-state index contributed by atoms with van der Waals surface area (Å²) in [7, 11) is 3.91. The van der Waals surface area contributed by atoms with Crippen molar-refractivity contribution in [1.82, 2.24) is 4.90 Å². The highest BCUT2D eigenvalue weighted by molar-refractivity contribution is 5.93. The molecule has 100 valence electrons. The molecular formula is C13H20N2O3. The molecule has 0 atom stereocenters. The molecule has 0 aliphatic heterocycles. The van der Waals surface area contributed by atoms with E-state index < -0.39 is 5.97 Å². The Hall–Kier alpha value is -1.75. The van der Waals surface area contributed by atoms with Gasteiger partial charge in [0.05, 0.1) is 6.61 Å². The largest absolute Gasteiger partial charge is 0.491 e. The highest BCUT2D eigenvalue weighted by Gasteiger charge is 2.14. The predicted octanol–water partition coefficient (Wildman–Crippen LogP) is 1.39. The third-order valence-electron chi connectivity index (χ3n) is 2.30. The standard InChI is InChI=1S/C13H20N2O3/c1-4-17-13(16)11-9-10(14)5-6-12(11)18-8-7-15(2)3/h5-6,9H,4,7-8,14H2,1-3H3. The molecular weight excluding hydrogens is 232 g/mol. The Morgan fingerprint density at radius 1 is 1.39 bits per heavy atom. The molecule has 0 saturated heterocycles. The summed E-state index contributed by atoms with van der Waals surface area (Å²) in [6.07, 6.45) is 0. The van der Waals surface area contributed by atoms with Crippen molar-refractivity contribution in [3.63, 3.8) is 0 Å². The fraction of sp³-hybridized carbons (Fsp3) is 0.462. The number of ether oxygens (including phenoxy) is 2. The number of benzene rings is 1. The first kappa shape index (κ1) is 14.3. The van der Waals surface area contributed by atoms with Crippen molar-refractivity contribution >= 4 is 11.7 Å². The van der Waals surface area contributed by atoms with E-state index in [-0.39, 0.29) is 0 Å². The number of hydrogen-bond acceptors (Lipinski definition) is 5. The summed E-state index contributed by atoms with van der Waals surface area (Å²) in [5.41, 5.74) is 6.55. The summed E-state index contributed by atoms with van der Waals surface area (Å²) in [4.78, 5) is 13.7. The number of rotatable bonds is 6. The van der Waals surface area contributed by atoms with E-state index in [1.165, 1.54) is 0 Å². The van der Waals surface area contributed by atoms with Crippen LogP contribution in [0, 0.1) is 0 Å². The van der Waals surface area contributed by atoms with Gasteiger partial charge in [-0.1, -0.05) is 0 Å². The maximum atomic E-state index is 11.7. The summed E-state index contributed by atoms with van der Waals surface area (Å²) < 4.78 is 10.5. The number of anilines is 1. The van der Waals surface area contributed by atoms with Gasteiger partial charge in [0.1, 0.15) is 17.9 Å². The van der Waals surface area contributed by atoms with Crippen molar-refractivity contribution in [1.29, 1.82) is 0 Å². The van der Waals surface area contributed by atoms with Crippen LogP contribution in [0.5, 0.6) is 5.75 Å². The maximum Gasteiger partial charge on any atom is 0.341 e. The summed E-state index contributed by atoms with van der Waals surface area (Å²) in [5.74, 6) is 0.0918. The van der Waals surface area contributed by atoms with Crippen LogP contribution in [0.15, 0.2) is 18.2 Å². The van der Waals surface area contributed by atoms with Crippen LogP contribution in [0.1, 0.15) is 17.3 Å². The van der Waals surface area contributed by atoms with E-state index in [0.29, 0.717) is 30.2 Å². The number of hydrogen-bond donors (Lipinski definition) is 1. The van der Waals surface area contributed by atoms with Crippen molar-refractivity contribution in [2.24, 2.45) is 0 Å². The lowest BCUT2D eigenvalue weighted by atomic mass is 10.2. The first-order valence-electron chi connectivity index (χ1n) is 5.88. The van der Waals surface area contributed by atoms with Crippen LogP contribution in [0.4, 0.5) is 5.69 Å². The Morgan fingerprint density at radius 2 is 2.11 bits per heavy atom. The average Bonchev–Trinajstić information content (AvgIpc) is 2.31. The Kier molecular flexibility index (Phi) is 5.45. The van der Waals surface area contributed by atoms with Gasteiger partial charge in [-0.3, -0.25) is 0 Å². The van der Waals surface area contributed by atoms with Gasteiger partial charge in [0, 0.05) is 12.2 Å². The first-order valence-corrected chi connectivity index (χ1v) is 5.88. The number of nitrogens with two attached hydrogens (primary N) is 1. The quantitative estimate of drug-likeness (QED) is 0.612. The summed E-state index contributed by atoms with van der Waals surface area (Å²) in [6, 6.07) is 4.97. The molecule has 0 fully saturated rings. The van der Waals surface area contributed by atoms with E-state index in [2.05, 4.69) is 0 Å². The number of likely N-dealkylation sites (N-methyl/N-ethyl adjacent to an activating group) is 1. The molecule has 1 rings (SSSR count). The Labute approximate surface area is 107 Å². The van der Waals surface area contributed by atoms with Crippen LogP contribution in [0.25, 0.3) is 0 Å². The van der Waals surface area contributed by atoms with E-state index in [4.69, 9.17) is 15.2 Å². The van der Waals surface area contributed by atoms with Crippen LogP contribution in [0.3, 0.4) is 0 Å². The SMILES string of the molecule is CCOC(=O)c1cc(N)ccc1OCCN(C)C. The molecule has 1 aromatic carbocycles. The van der Waals surface area contributed by atoms with E-state index in [9.17, 15) is 4.79 Å².